The monoisotopic (exact) mass is 474 g/mol. The molecule has 1 unspecified atom stereocenters. The number of carbonyl (C=O) groups is 4. The molecule has 0 saturated carbocycles. The summed E-state index contributed by atoms with van der Waals surface area (Å²) >= 11 is 0. The van der Waals surface area contributed by atoms with Crippen LogP contribution in [0.5, 0.6) is 0 Å². The third-order valence-electron chi connectivity index (χ3n) is 6.50. The standard InChI is InChI=1S/C25H24N4O4.C2H6/c1-12-8-13(2)21-14(3)22(27-18(21)9-12)24(32)26-16-4-5-17-15(10-16)11-29(25(17)33)19-6-7-20(30)28-23(19)31;1-2/h4-5,8-10,19,27H,6-7,11H2,1-3H3,(H,26,32)(H,28,30,31);1-2H3. The summed E-state index contributed by atoms with van der Waals surface area (Å²) < 4.78 is 0. The van der Waals surface area contributed by atoms with Crippen LogP contribution in [0.25, 0.3) is 10.9 Å². The number of benzene rings is 2. The molecule has 182 valence electrons. The zero-order valence-electron chi connectivity index (χ0n) is 20.7. The number of piperidine rings is 1. The second-order valence-corrected chi connectivity index (χ2v) is 8.86. The van der Waals surface area contributed by atoms with Crippen LogP contribution >= 0.6 is 0 Å². The third kappa shape index (κ3) is 4.32. The molecule has 5 rings (SSSR count). The number of amides is 4. The van der Waals surface area contributed by atoms with Crippen molar-refractivity contribution in [2.24, 2.45) is 0 Å². The van der Waals surface area contributed by atoms with Crippen LogP contribution in [0.4, 0.5) is 5.69 Å². The fraction of sp³-hybridized carbons (Fsp3) is 0.333. The number of hydrogen-bond donors (Lipinski definition) is 3. The lowest BCUT2D eigenvalue weighted by molar-refractivity contribution is -0.136. The molecule has 2 aliphatic rings. The van der Waals surface area contributed by atoms with E-state index >= 15 is 0 Å². The van der Waals surface area contributed by atoms with Gasteiger partial charge in [0.25, 0.3) is 11.8 Å². The van der Waals surface area contributed by atoms with Crippen molar-refractivity contribution in [1.82, 2.24) is 15.2 Å². The molecular weight excluding hydrogens is 444 g/mol. The molecule has 8 nitrogen and oxygen atoms in total. The highest BCUT2D eigenvalue weighted by Gasteiger charge is 2.39. The average Bonchev–Trinajstić information content (AvgIpc) is 3.31. The average molecular weight is 475 g/mol. The molecule has 1 aromatic heterocycles. The maximum Gasteiger partial charge on any atom is 0.272 e. The zero-order chi connectivity index (χ0) is 25.4. The van der Waals surface area contributed by atoms with Gasteiger partial charge in [-0.2, -0.15) is 0 Å². The lowest BCUT2D eigenvalue weighted by Gasteiger charge is -2.29. The van der Waals surface area contributed by atoms with E-state index in [9.17, 15) is 19.2 Å². The molecule has 0 bridgehead atoms. The van der Waals surface area contributed by atoms with E-state index in [1.54, 1.807) is 18.2 Å². The molecule has 8 heteroatoms. The second-order valence-electron chi connectivity index (χ2n) is 8.86. The van der Waals surface area contributed by atoms with Crippen LogP contribution < -0.4 is 10.6 Å². The van der Waals surface area contributed by atoms with E-state index in [1.165, 1.54) is 4.90 Å². The highest BCUT2D eigenvalue weighted by atomic mass is 16.2. The summed E-state index contributed by atoms with van der Waals surface area (Å²) in [5.41, 5.74) is 6.37. The number of imide groups is 1. The van der Waals surface area contributed by atoms with Gasteiger partial charge in [-0.3, -0.25) is 24.5 Å². The maximum atomic E-state index is 13.0. The Balaban J connectivity index is 0.00000141. The largest absolute Gasteiger partial charge is 0.350 e. The number of aromatic nitrogens is 1. The van der Waals surface area contributed by atoms with Gasteiger partial charge in [-0.15, -0.1) is 0 Å². The number of nitrogens with zero attached hydrogens (tertiary/aromatic N) is 1. The first-order valence-corrected chi connectivity index (χ1v) is 11.9. The molecule has 3 N–H and O–H groups in total. The number of hydrogen-bond acceptors (Lipinski definition) is 4. The molecule has 3 heterocycles. The van der Waals surface area contributed by atoms with Crippen LogP contribution in [-0.4, -0.2) is 39.6 Å². The van der Waals surface area contributed by atoms with Crippen molar-refractivity contribution in [2.45, 2.75) is 60.0 Å². The topological polar surface area (TPSA) is 111 Å². The van der Waals surface area contributed by atoms with E-state index in [2.05, 4.69) is 21.7 Å². The number of aromatic amines is 1. The SMILES string of the molecule is CC.Cc1cc(C)c2c(C)c(C(=O)Nc3ccc4c(c3)CN(C3CCC(=O)NC3=O)C4=O)[nH]c2c1. The summed E-state index contributed by atoms with van der Waals surface area (Å²) in [5, 5.41) is 6.27. The number of H-pyrrole nitrogens is 1. The van der Waals surface area contributed by atoms with Gasteiger partial charge in [-0.1, -0.05) is 19.9 Å². The summed E-state index contributed by atoms with van der Waals surface area (Å²) in [6.07, 6.45) is 0.521. The fourth-order valence-electron chi connectivity index (χ4n) is 4.99. The molecule has 1 saturated heterocycles. The number of anilines is 1. The lowest BCUT2D eigenvalue weighted by atomic mass is 10.0. The van der Waals surface area contributed by atoms with Crippen molar-refractivity contribution in [2.75, 3.05) is 5.32 Å². The van der Waals surface area contributed by atoms with Crippen molar-refractivity contribution in [3.8, 4) is 0 Å². The third-order valence-corrected chi connectivity index (χ3v) is 6.50. The Morgan fingerprint density at radius 1 is 1.06 bits per heavy atom. The van der Waals surface area contributed by atoms with Gasteiger partial charge in [0.15, 0.2) is 0 Å². The number of nitrogens with one attached hydrogen (secondary N) is 3. The van der Waals surface area contributed by atoms with E-state index in [0.717, 1.165) is 33.2 Å². The minimum atomic E-state index is -0.665. The van der Waals surface area contributed by atoms with Gasteiger partial charge >= 0.3 is 0 Å². The first-order valence-electron chi connectivity index (χ1n) is 11.9. The molecule has 0 spiro atoms. The quantitative estimate of drug-likeness (QED) is 0.496. The molecule has 0 aliphatic carbocycles. The van der Waals surface area contributed by atoms with Crippen LogP contribution in [0.1, 0.15) is 69.8 Å². The summed E-state index contributed by atoms with van der Waals surface area (Å²) in [7, 11) is 0. The Morgan fingerprint density at radius 2 is 1.80 bits per heavy atom. The van der Waals surface area contributed by atoms with E-state index in [4.69, 9.17) is 0 Å². The molecule has 1 fully saturated rings. The first-order chi connectivity index (χ1) is 16.7. The molecule has 3 aromatic rings. The highest BCUT2D eigenvalue weighted by molar-refractivity contribution is 6.09. The van der Waals surface area contributed by atoms with Crippen LogP contribution in [-0.2, 0) is 16.1 Å². The van der Waals surface area contributed by atoms with Crippen molar-refractivity contribution in [3.63, 3.8) is 0 Å². The highest BCUT2D eigenvalue weighted by Crippen LogP contribution is 2.30. The van der Waals surface area contributed by atoms with E-state index in [-0.39, 0.29) is 30.7 Å². The Kier molecular flexibility index (Phi) is 6.47. The smallest absolute Gasteiger partial charge is 0.272 e. The molecule has 2 aliphatic heterocycles. The predicted molar refractivity (Wildman–Crippen MR) is 134 cm³/mol. The Hall–Kier alpha value is -3.94. The van der Waals surface area contributed by atoms with Gasteiger partial charge in [0.05, 0.1) is 0 Å². The van der Waals surface area contributed by atoms with Gasteiger partial charge in [-0.05, 0) is 73.7 Å². The van der Waals surface area contributed by atoms with E-state index < -0.39 is 11.9 Å². The Bertz CT molecular complexity index is 1370. The summed E-state index contributed by atoms with van der Waals surface area (Å²) in [6.45, 7) is 10.2. The molecule has 2 aromatic carbocycles. The Morgan fingerprint density at radius 3 is 2.51 bits per heavy atom. The Labute approximate surface area is 204 Å². The minimum absolute atomic E-state index is 0.209. The molecule has 1 atom stereocenters. The van der Waals surface area contributed by atoms with Crippen LogP contribution in [0.15, 0.2) is 30.3 Å². The predicted octanol–water partition coefficient (Wildman–Crippen LogP) is 4.13. The first kappa shape index (κ1) is 24.2. The second kappa shape index (κ2) is 9.37. The fourth-order valence-corrected chi connectivity index (χ4v) is 4.99. The van der Waals surface area contributed by atoms with E-state index in [0.29, 0.717) is 23.4 Å². The van der Waals surface area contributed by atoms with Crippen LogP contribution in [0.2, 0.25) is 0 Å². The van der Waals surface area contributed by atoms with Crippen molar-refractivity contribution >= 4 is 40.2 Å². The van der Waals surface area contributed by atoms with Crippen molar-refractivity contribution in [1.29, 1.82) is 0 Å². The van der Waals surface area contributed by atoms with Crippen molar-refractivity contribution in [3.05, 3.63) is 63.8 Å². The molecule has 35 heavy (non-hydrogen) atoms. The lowest BCUT2D eigenvalue weighted by Crippen LogP contribution is -2.52. The molecule has 0 radical (unpaired) electrons. The van der Waals surface area contributed by atoms with Gasteiger partial charge < -0.3 is 15.2 Å². The molecule has 4 amide bonds. The molecular formula is C27H30N4O4. The maximum absolute atomic E-state index is 13.0. The summed E-state index contributed by atoms with van der Waals surface area (Å²) in [4.78, 5) is 54.3. The van der Waals surface area contributed by atoms with Crippen LogP contribution in [0.3, 0.4) is 0 Å². The van der Waals surface area contributed by atoms with Crippen molar-refractivity contribution < 1.29 is 19.2 Å². The number of carbonyl (C=O) groups excluding carboxylic acids is 4. The summed E-state index contributed by atoms with van der Waals surface area (Å²) in [5.74, 6) is -1.26. The number of fused-ring (bicyclic) bond motifs is 2. The summed E-state index contributed by atoms with van der Waals surface area (Å²) in [6, 6.07) is 8.58. The number of rotatable bonds is 3. The van der Waals surface area contributed by atoms with E-state index in [1.807, 2.05) is 40.7 Å². The minimum Gasteiger partial charge on any atom is -0.350 e. The van der Waals surface area contributed by atoms with Gasteiger partial charge in [-0.25, -0.2) is 0 Å². The van der Waals surface area contributed by atoms with Gasteiger partial charge in [0, 0.05) is 35.1 Å². The number of aryl methyl sites for hydroxylation is 3. The normalized spacial score (nSPS) is 17.1. The van der Waals surface area contributed by atoms with Crippen LogP contribution in [0, 0.1) is 20.8 Å². The van der Waals surface area contributed by atoms with Gasteiger partial charge in [0.1, 0.15) is 11.7 Å². The zero-order valence-corrected chi connectivity index (χ0v) is 20.7. The van der Waals surface area contributed by atoms with Gasteiger partial charge in [0.2, 0.25) is 11.8 Å².